The molecular formula is C19H15F2N3O3. The van der Waals surface area contributed by atoms with E-state index in [4.69, 9.17) is 10.00 Å². The Kier molecular flexibility index (Phi) is 4.77. The Bertz CT molecular complexity index is 940. The first-order valence-electron chi connectivity index (χ1n) is 8.08. The molecule has 0 bridgehead atoms. The average Bonchev–Trinajstić information content (AvgIpc) is 2.87. The Hall–Kier alpha value is -3.47. The van der Waals surface area contributed by atoms with Crippen LogP contribution >= 0.6 is 0 Å². The molecule has 2 aromatic carbocycles. The third kappa shape index (κ3) is 3.44. The van der Waals surface area contributed by atoms with Crippen molar-refractivity contribution >= 4 is 11.9 Å². The van der Waals surface area contributed by atoms with E-state index in [0.717, 1.165) is 17.0 Å². The lowest BCUT2D eigenvalue weighted by molar-refractivity contribution is -0.131. The van der Waals surface area contributed by atoms with Gasteiger partial charge in [-0.2, -0.15) is 5.26 Å². The summed E-state index contributed by atoms with van der Waals surface area (Å²) in [5, 5.41) is 11.5. The zero-order valence-electron chi connectivity index (χ0n) is 14.3. The summed E-state index contributed by atoms with van der Waals surface area (Å²) in [7, 11) is 0. The van der Waals surface area contributed by atoms with Crippen LogP contribution in [0, 0.1) is 23.0 Å². The summed E-state index contributed by atoms with van der Waals surface area (Å²) in [6.07, 6.45) is 0. The fourth-order valence-electron chi connectivity index (χ4n) is 2.81. The van der Waals surface area contributed by atoms with Crippen molar-refractivity contribution in [2.45, 2.75) is 12.5 Å². The van der Waals surface area contributed by atoms with Crippen molar-refractivity contribution in [2.24, 2.45) is 0 Å². The highest BCUT2D eigenvalue weighted by Crippen LogP contribution is 2.29. The number of nitriles is 1. The van der Waals surface area contributed by atoms with Gasteiger partial charge < -0.3 is 10.1 Å². The molecule has 0 saturated carbocycles. The SMILES string of the molecule is CC1(c2ccc(C#N)cc2)NC(=O)N(CCOc2ccc(F)cc2F)C1=O. The van der Waals surface area contributed by atoms with Crippen LogP contribution in [0.25, 0.3) is 0 Å². The van der Waals surface area contributed by atoms with Crippen LogP contribution < -0.4 is 10.1 Å². The summed E-state index contributed by atoms with van der Waals surface area (Å²) in [6, 6.07) is 10.6. The molecule has 0 spiro atoms. The smallest absolute Gasteiger partial charge is 0.325 e. The van der Waals surface area contributed by atoms with Crippen LogP contribution in [0.5, 0.6) is 5.75 Å². The molecule has 6 nitrogen and oxygen atoms in total. The van der Waals surface area contributed by atoms with Crippen LogP contribution in [0.3, 0.4) is 0 Å². The minimum Gasteiger partial charge on any atom is -0.489 e. The molecule has 138 valence electrons. The minimum atomic E-state index is -1.27. The van der Waals surface area contributed by atoms with Gasteiger partial charge >= 0.3 is 6.03 Å². The van der Waals surface area contributed by atoms with Crippen molar-refractivity contribution in [1.82, 2.24) is 10.2 Å². The van der Waals surface area contributed by atoms with E-state index in [1.54, 1.807) is 31.2 Å². The molecule has 2 aromatic rings. The van der Waals surface area contributed by atoms with E-state index in [-0.39, 0.29) is 18.9 Å². The summed E-state index contributed by atoms with van der Waals surface area (Å²) in [4.78, 5) is 25.9. The van der Waals surface area contributed by atoms with Crippen LogP contribution in [0.4, 0.5) is 13.6 Å². The number of benzene rings is 2. The number of carbonyl (C=O) groups excluding carboxylic acids is 2. The van der Waals surface area contributed by atoms with Crippen LogP contribution in [0.1, 0.15) is 18.1 Å². The molecule has 1 saturated heterocycles. The van der Waals surface area contributed by atoms with Gasteiger partial charge in [0.1, 0.15) is 18.0 Å². The fourth-order valence-corrected chi connectivity index (χ4v) is 2.81. The zero-order valence-corrected chi connectivity index (χ0v) is 14.3. The predicted molar refractivity (Wildman–Crippen MR) is 90.6 cm³/mol. The van der Waals surface area contributed by atoms with Gasteiger partial charge in [0.15, 0.2) is 11.6 Å². The first kappa shape index (κ1) is 18.3. The number of rotatable bonds is 5. The maximum absolute atomic E-state index is 13.6. The second-order valence-electron chi connectivity index (χ2n) is 6.12. The molecule has 1 aliphatic heterocycles. The van der Waals surface area contributed by atoms with E-state index in [2.05, 4.69) is 5.32 Å². The number of imide groups is 1. The minimum absolute atomic E-state index is 0.104. The topological polar surface area (TPSA) is 82.4 Å². The maximum atomic E-state index is 13.6. The molecule has 3 amide bonds. The monoisotopic (exact) mass is 371 g/mol. The Morgan fingerprint density at radius 1 is 1.19 bits per heavy atom. The summed E-state index contributed by atoms with van der Waals surface area (Å²) in [5.41, 5.74) is -0.301. The summed E-state index contributed by atoms with van der Waals surface area (Å²) in [6.45, 7) is 1.31. The van der Waals surface area contributed by atoms with Crippen molar-refractivity contribution in [3.63, 3.8) is 0 Å². The van der Waals surface area contributed by atoms with E-state index in [1.807, 2.05) is 6.07 Å². The Morgan fingerprint density at radius 3 is 2.52 bits per heavy atom. The number of urea groups is 1. The molecule has 0 radical (unpaired) electrons. The van der Waals surface area contributed by atoms with Gasteiger partial charge in [-0.15, -0.1) is 0 Å². The molecule has 1 fully saturated rings. The Morgan fingerprint density at radius 2 is 1.89 bits per heavy atom. The number of nitrogens with one attached hydrogen (secondary N) is 1. The van der Waals surface area contributed by atoms with Crippen LogP contribution in [-0.4, -0.2) is 30.0 Å². The molecule has 3 rings (SSSR count). The first-order chi connectivity index (χ1) is 12.8. The van der Waals surface area contributed by atoms with Gasteiger partial charge in [0.05, 0.1) is 18.2 Å². The molecule has 1 unspecified atom stereocenters. The molecule has 27 heavy (non-hydrogen) atoms. The lowest BCUT2D eigenvalue weighted by Gasteiger charge is -2.22. The second kappa shape index (κ2) is 7.03. The molecule has 0 aliphatic carbocycles. The third-order valence-corrected chi connectivity index (χ3v) is 4.33. The number of hydrogen-bond donors (Lipinski definition) is 1. The molecule has 8 heteroatoms. The van der Waals surface area contributed by atoms with Gasteiger partial charge in [0.2, 0.25) is 0 Å². The maximum Gasteiger partial charge on any atom is 0.325 e. The van der Waals surface area contributed by atoms with Gasteiger partial charge in [-0.3, -0.25) is 9.69 Å². The number of amides is 3. The van der Waals surface area contributed by atoms with E-state index >= 15 is 0 Å². The average molecular weight is 371 g/mol. The van der Waals surface area contributed by atoms with Crippen LogP contribution in [0.2, 0.25) is 0 Å². The lowest BCUT2D eigenvalue weighted by Crippen LogP contribution is -2.41. The normalized spacial score (nSPS) is 19.0. The summed E-state index contributed by atoms with van der Waals surface area (Å²) in [5.74, 6) is -2.25. The molecule has 1 heterocycles. The number of carbonyl (C=O) groups is 2. The van der Waals surface area contributed by atoms with Crippen molar-refractivity contribution < 1.29 is 23.1 Å². The highest BCUT2D eigenvalue weighted by molar-refractivity contribution is 6.07. The predicted octanol–water partition coefficient (Wildman–Crippen LogP) is 2.68. The first-order valence-corrected chi connectivity index (χ1v) is 8.08. The number of ether oxygens (including phenoxy) is 1. The van der Waals surface area contributed by atoms with E-state index in [9.17, 15) is 18.4 Å². The Balaban J connectivity index is 1.69. The number of hydrogen-bond acceptors (Lipinski definition) is 4. The molecule has 1 N–H and O–H groups in total. The van der Waals surface area contributed by atoms with Gasteiger partial charge in [-0.1, -0.05) is 12.1 Å². The van der Waals surface area contributed by atoms with Gasteiger partial charge in [0.25, 0.3) is 5.91 Å². The van der Waals surface area contributed by atoms with Gasteiger partial charge in [0, 0.05) is 6.07 Å². The fraction of sp³-hybridized carbons (Fsp3) is 0.211. The number of nitrogens with zero attached hydrogens (tertiary/aromatic N) is 2. The highest BCUT2D eigenvalue weighted by Gasteiger charge is 2.48. The van der Waals surface area contributed by atoms with E-state index in [0.29, 0.717) is 17.2 Å². The molecule has 0 aromatic heterocycles. The van der Waals surface area contributed by atoms with E-state index < -0.39 is 29.1 Å². The standard InChI is InChI=1S/C19H15F2N3O3/c1-19(13-4-2-12(11-22)3-5-13)17(25)24(18(26)23-19)8-9-27-16-7-6-14(20)10-15(16)21/h2-7,10H,8-9H2,1H3,(H,23,26). The second-order valence-corrected chi connectivity index (χ2v) is 6.12. The molecular weight excluding hydrogens is 356 g/mol. The van der Waals surface area contributed by atoms with E-state index in [1.165, 1.54) is 0 Å². The third-order valence-electron chi connectivity index (χ3n) is 4.33. The Labute approximate surface area is 154 Å². The lowest BCUT2D eigenvalue weighted by atomic mass is 9.91. The van der Waals surface area contributed by atoms with Crippen molar-refractivity contribution in [2.75, 3.05) is 13.2 Å². The quantitative estimate of drug-likeness (QED) is 0.820. The largest absolute Gasteiger partial charge is 0.489 e. The number of halogens is 2. The summed E-state index contributed by atoms with van der Waals surface area (Å²) >= 11 is 0. The van der Waals surface area contributed by atoms with Gasteiger partial charge in [-0.05, 0) is 36.8 Å². The molecule has 1 atom stereocenters. The highest BCUT2D eigenvalue weighted by atomic mass is 19.1. The molecule has 1 aliphatic rings. The zero-order chi connectivity index (χ0) is 19.6. The van der Waals surface area contributed by atoms with Crippen LogP contribution in [0.15, 0.2) is 42.5 Å². The van der Waals surface area contributed by atoms with Crippen molar-refractivity contribution in [3.8, 4) is 11.8 Å². The van der Waals surface area contributed by atoms with Gasteiger partial charge in [-0.25, -0.2) is 13.6 Å². The van der Waals surface area contributed by atoms with Crippen molar-refractivity contribution in [1.29, 1.82) is 5.26 Å². The summed E-state index contributed by atoms with van der Waals surface area (Å²) < 4.78 is 31.7. The van der Waals surface area contributed by atoms with Crippen LogP contribution in [-0.2, 0) is 10.3 Å². The van der Waals surface area contributed by atoms with Crippen molar-refractivity contribution in [3.05, 3.63) is 65.2 Å².